The standard InChI is InChI=1S/C29H39N5O5S/c1-5-38-24-15-34(25-23(35)16-39-26(24)25)28(37)21(14-18(2)3)30-27(36)20-8-6-19(7-9-20)22-17-40-29(31-22)33-12-10-32(4)11-13-33/h6-9,17-18,21,24-26H,5,10-16H2,1-4H3,(H,30,36)/t21-,24-,25+,26-/m0/s1. The predicted molar refractivity (Wildman–Crippen MR) is 154 cm³/mol. The predicted octanol–water partition coefficient (Wildman–Crippen LogP) is 2.29. The van der Waals surface area contributed by atoms with Crippen molar-refractivity contribution in [2.24, 2.45) is 5.92 Å². The molecule has 0 unspecified atom stereocenters. The molecular weight excluding hydrogens is 530 g/mol. The average molecular weight is 570 g/mol. The van der Waals surface area contributed by atoms with E-state index in [-0.39, 0.29) is 42.8 Å². The second-order valence-electron chi connectivity index (χ2n) is 11.2. The lowest BCUT2D eigenvalue weighted by Crippen LogP contribution is -2.52. The number of ether oxygens (including phenoxy) is 2. The minimum absolute atomic E-state index is 0.0217. The van der Waals surface area contributed by atoms with Gasteiger partial charge in [-0.05, 0) is 38.4 Å². The maximum atomic E-state index is 13.7. The number of nitrogens with zero attached hydrogens (tertiary/aromatic N) is 4. The molecule has 0 spiro atoms. The van der Waals surface area contributed by atoms with Gasteiger partial charge < -0.3 is 29.5 Å². The van der Waals surface area contributed by atoms with Crippen molar-refractivity contribution in [2.75, 3.05) is 57.9 Å². The van der Waals surface area contributed by atoms with Crippen molar-refractivity contribution in [3.63, 3.8) is 0 Å². The Bertz CT molecular complexity index is 1210. The first-order valence-electron chi connectivity index (χ1n) is 14.1. The van der Waals surface area contributed by atoms with Crippen LogP contribution in [0, 0.1) is 5.92 Å². The number of likely N-dealkylation sites (tertiary alicyclic amines) is 1. The smallest absolute Gasteiger partial charge is 0.251 e. The monoisotopic (exact) mass is 569 g/mol. The molecule has 11 heteroatoms. The number of anilines is 1. The number of carbonyl (C=O) groups excluding carboxylic acids is 3. The molecule has 0 radical (unpaired) electrons. The largest absolute Gasteiger partial charge is 0.374 e. The Hall–Kier alpha value is -2.86. The molecule has 0 bridgehead atoms. The summed E-state index contributed by atoms with van der Waals surface area (Å²) < 4.78 is 11.4. The van der Waals surface area contributed by atoms with Crippen molar-refractivity contribution in [1.29, 1.82) is 0 Å². The summed E-state index contributed by atoms with van der Waals surface area (Å²) in [6.45, 7) is 10.6. The summed E-state index contributed by atoms with van der Waals surface area (Å²) >= 11 is 1.63. The molecule has 10 nitrogen and oxygen atoms in total. The van der Waals surface area contributed by atoms with Gasteiger partial charge in [0.2, 0.25) is 5.91 Å². The van der Waals surface area contributed by atoms with E-state index >= 15 is 0 Å². The van der Waals surface area contributed by atoms with Gasteiger partial charge in [-0.2, -0.15) is 0 Å². The number of carbonyl (C=O) groups is 3. The van der Waals surface area contributed by atoms with Crippen molar-refractivity contribution in [1.82, 2.24) is 20.1 Å². The Kier molecular flexibility index (Phi) is 8.84. The Balaban J connectivity index is 1.26. The number of hydrogen-bond acceptors (Lipinski definition) is 9. The maximum absolute atomic E-state index is 13.7. The van der Waals surface area contributed by atoms with Crippen LogP contribution in [-0.2, 0) is 19.1 Å². The molecule has 1 N–H and O–H groups in total. The van der Waals surface area contributed by atoms with Crippen LogP contribution in [0.5, 0.6) is 0 Å². The molecule has 4 atom stereocenters. The zero-order chi connectivity index (χ0) is 28.4. The number of Topliss-reactive ketones (excluding diaryl/α,β-unsaturated/α-hetero) is 1. The number of rotatable bonds is 9. The van der Waals surface area contributed by atoms with E-state index in [1.807, 2.05) is 38.3 Å². The van der Waals surface area contributed by atoms with E-state index in [1.54, 1.807) is 28.4 Å². The lowest BCUT2D eigenvalue weighted by atomic mass is 10.0. The highest BCUT2D eigenvalue weighted by Crippen LogP contribution is 2.31. The van der Waals surface area contributed by atoms with Gasteiger partial charge in [0.1, 0.15) is 30.9 Å². The molecule has 0 aliphatic carbocycles. The lowest BCUT2D eigenvalue weighted by Gasteiger charge is -2.32. The van der Waals surface area contributed by atoms with E-state index in [9.17, 15) is 14.4 Å². The van der Waals surface area contributed by atoms with Crippen molar-refractivity contribution in [3.8, 4) is 11.3 Å². The van der Waals surface area contributed by atoms with Gasteiger partial charge >= 0.3 is 0 Å². The highest BCUT2D eigenvalue weighted by Gasteiger charge is 2.53. The normalized spacial score (nSPS) is 24.0. The summed E-state index contributed by atoms with van der Waals surface area (Å²) in [6, 6.07) is 5.89. The number of amides is 2. The van der Waals surface area contributed by atoms with Gasteiger partial charge in [-0.1, -0.05) is 26.0 Å². The van der Waals surface area contributed by atoms with Crippen LogP contribution in [0.25, 0.3) is 11.3 Å². The summed E-state index contributed by atoms with van der Waals surface area (Å²) in [7, 11) is 2.13. The summed E-state index contributed by atoms with van der Waals surface area (Å²) in [4.78, 5) is 50.6. The molecule has 1 aromatic carbocycles. The molecule has 40 heavy (non-hydrogen) atoms. The number of hydrogen-bond donors (Lipinski definition) is 1. The Labute approximate surface area is 239 Å². The molecule has 3 fully saturated rings. The van der Waals surface area contributed by atoms with Crippen molar-refractivity contribution in [2.45, 2.75) is 51.5 Å². The Morgan fingerprint density at radius 3 is 2.58 bits per heavy atom. The zero-order valence-corrected chi connectivity index (χ0v) is 24.5. The lowest BCUT2D eigenvalue weighted by molar-refractivity contribution is -0.138. The molecule has 3 aliphatic heterocycles. The molecule has 3 aliphatic rings. The third-order valence-electron chi connectivity index (χ3n) is 7.82. The highest BCUT2D eigenvalue weighted by atomic mass is 32.1. The van der Waals surface area contributed by atoms with Gasteiger partial charge in [-0.15, -0.1) is 11.3 Å². The van der Waals surface area contributed by atoms with E-state index in [0.717, 1.165) is 42.6 Å². The number of aromatic nitrogens is 1. The van der Waals surface area contributed by atoms with Crippen LogP contribution in [0.15, 0.2) is 29.6 Å². The second-order valence-corrected chi connectivity index (χ2v) is 12.0. The van der Waals surface area contributed by atoms with E-state index in [4.69, 9.17) is 14.5 Å². The molecule has 4 heterocycles. The minimum atomic E-state index is -0.758. The van der Waals surface area contributed by atoms with Crippen LogP contribution in [-0.4, -0.2) is 110 Å². The van der Waals surface area contributed by atoms with Crippen LogP contribution in [0.3, 0.4) is 0 Å². The summed E-state index contributed by atoms with van der Waals surface area (Å²) in [5.74, 6) is -0.558. The highest BCUT2D eigenvalue weighted by molar-refractivity contribution is 7.14. The van der Waals surface area contributed by atoms with Crippen molar-refractivity contribution >= 4 is 34.1 Å². The number of thiazole rings is 1. The molecule has 3 saturated heterocycles. The van der Waals surface area contributed by atoms with Crippen LogP contribution in [0.2, 0.25) is 0 Å². The number of ketones is 1. The van der Waals surface area contributed by atoms with Crippen LogP contribution in [0.4, 0.5) is 5.13 Å². The van der Waals surface area contributed by atoms with Gasteiger partial charge in [-0.3, -0.25) is 14.4 Å². The van der Waals surface area contributed by atoms with Crippen LogP contribution >= 0.6 is 11.3 Å². The first kappa shape index (κ1) is 28.7. The van der Waals surface area contributed by atoms with Crippen molar-refractivity contribution < 1.29 is 23.9 Å². The molecule has 2 amide bonds. The fourth-order valence-corrected chi connectivity index (χ4v) is 6.56. The SMILES string of the molecule is CCO[C@H]1CN(C(=O)[C@H](CC(C)C)NC(=O)c2ccc(-c3csc(N4CCN(C)CC4)n3)cc2)[C@@H]2C(=O)CO[C@@H]12. The Morgan fingerprint density at radius 1 is 1.18 bits per heavy atom. The molecule has 0 saturated carbocycles. The fraction of sp³-hybridized carbons (Fsp3) is 0.586. The Morgan fingerprint density at radius 2 is 1.90 bits per heavy atom. The summed E-state index contributed by atoms with van der Waals surface area (Å²) in [5, 5.41) is 6.01. The average Bonchev–Trinajstić information content (AvgIpc) is 3.66. The van der Waals surface area contributed by atoms with E-state index in [0.29, 0.717) is 18.6 Å². The number of piperazine rings is 1. The van der Waals surface area contributed by atoms with Gasteiger partial charge in [0.25, 0.3) is 5.91 Å². The van der Waals surface area contributed by atoms with Gasteiger partial charge in [0.05, 0.1) is 12.2 Å². The van der Waals surface area contributed by atoms with Gasteiger partial charge in [-0.25, -0.2) is 4.98 Å². The third kappa shape index (κ3) is 6.07. The topological polar surface area (TPSA) is 104 Å². The number of fused-ring (bicyclic) bond motifs is 1. The third-order valence-corrected chi connectivity index (χ3v) is 8.72. The molecular formula is C29H39N5O5S. The van der Waals surface area contributed by atoms with E-state index in [1.165, 1.54) is 0 Å². The molecule has 2 aromatic rings. The minimum Gasteiger partial charge on any atom is -0.374 e. The summed E-state index contributed by atoms with van der Waals surface area (Å²) in [6.07, 6.45) is -0.351. The first-order chi connectivity index (χ1) is 19.2. The van der Waals surface area contributed by atoms with E-state index in [2.05, 4.69) is 22.2 Å². The quantitative estimate of drug-likeness (QED) is 0.491. The molecule has 216 valence electrons. The number of likely N-dealkylation sites (N-methyl/N-ethyl adjacent to an activating group) is 1. The van der Waals surface area contributed by atoms with Crippen LogP contribution in [0.1, 0.15) is 37.6 Å². The van der Waals surface area contributed by atoms with Crippen molar-refractivity contribution in [3.05, 3.63) is 35.2 Å². The fourth-order valence-electron chi connectivity index (χ4n) is 5.67. The van der Waals surface area contributed by atoms with E-state index < -0.39 is 18.2 Å². The molecule has 1 aromatic heterocycles. The zero-order valence-electron chi connectivity index (χ0n) is 23.7. The maximum Gasteiger partial charge on any atom is 0.251 e. The molecule has 5 rings (SSSR count). The number of nitrogens with one attached hydrogen (secondary N) is 1. The second kappa shape index (κ2) is 12.3. The summed E-state index contributed by atoms with van der Waals surface area (Å²) in [5.41, 5.74) is 2.29. The van der Waals surface area contributed by atoms with Gasteiger partial charge in [0, 0.05) is 49.3 Å². The first-order valence-corrected chi connectivity index (χ1v) is 15.0. The van der Waals surface area contributed by atoms with Crippen LogP contribution < -0.4 is 10.2 Å². The number of benzene rings is 1. The van der Waals surface area contributed by atoms with Gasteiger partial charge in [0.15, 0.2) is 10.9 Å².